The molecule has 0 bridgehead atoms. The van der Waals surface area contributed by atoms with Gasteiger partial charge in [-0.1, -0.05) is 58.4 Å². The number of nitrogens with one attached hydrogen (secondary N) is 1. The molecule has 2 aromatic carbocycles. The lowest BCUT2D eigenvalue weighted by atomic mass is 10.1. The molecule has 1 saturated carbocycles. The van der Waals surface area contributed by atoms with Crippen molar-refractivity contribution in [3.05, 3.63) is 76.7 Å². The Morgan fingerprint density at radius 3 is 2.71 bits per heavy atom. The molecule has 6 heteroatoms. The fourth-order valence-corrected chi connectivity index (χ4v) is 4.30. The van der Waals surface area contributed by atoms with Gasteiger partial charge in [0.1, 0.15) is 12.4 Å². The Labute approximate surface area is 171 Å². The maximum atomic E-state index is 12.8. The molecule has 3 aromatic rings. The first kappa shape index (κ1) is 17.5. The van der Waals surface area contributed by atoms with E-state index in [0.717, 1.165) is 40.0 Å². The molecule has 2 heterocycles. The van der Waals surface area contributed by atoms with Crippen molar-refractivity contribution in [2.75, 3.05) is 0 Å². The molecule has 1 saturated heterocycles. The Hall–Kier alpha value is -2.60. The molecule has 0 spiro atoms. The zero-order chi connectivity index (χ0) is 19.1. The Kier molecular flexibility index (Phi) is 4.43. The molecule has 1 amide bonds. The number of amides is 1. The third kappa shape index (κ3) is 3.33. The molecule has 28 heavy (non-hydrogen) atoms. The van der Waals surface area contributed by atoms with Gasteiger partial charge >= 0.3 is 6.09 Å². The number of rotatable bonds is 4. The number of carbonyl (C=O) groups excluding carboxylic acids is 1. The molecular weight excluding hydrogens is 418 g/mol. The molecule has 0 radical (unpaired) electrons. The minimum atomic E-state index is -0.250. The molecule has 1 N–H and O–H groups in total. The van der Waals surface area contributed by atoms with E-state index in [0.29, 0.717) is 12.5 Å². The Balaban J connectivity index is 1.32. The second-order valence-electron chi connectivity index (χ2n) is 7.45. The van der Waals surface area contributed by atoms with Crippen LogP contribution in [0.1, 0.15) is 30.3 Å². The van der Waals surface area contributed by atoms with Crippen molar-refractivity contribution in [3.63, 3.8) is 0 Å². The average Bonchev–Trinajstić information content (AvgIpc) is 3.15. The number of likely N-dealkylation sites (tertiary alicyclic amines) is 1. The number of piperidine rings is 1. The van der Waals surface area contributed by atoms with Gasteiger partial charge in [-0.05, 0) is 42.0 Å². The summed E-state index contributed by atoms with van der Waals surface area (Å²) in [5.41, 5.74) is 3.03. The van der Waals surface area contributed by atoms with Gasteiger partial charge in [-0.3, -0.25) is 4.90 Å². The molecule has 3 atom stereocenters. The van der Waals surface area contributed by atoms with Gasteiger partial charge in [0.15, 0.2) is 0 Å². The summed E-state index contributed by atoms with van der Waals surface area (Å²) in [4.78, 5) is 22.7. The summed E-state index contributed by atoms with van der Waals surface area (Å²) in [6.45, 7) is 0.294. The minimum absolute atomic E-state index is 0.0452. The summed E-state index contributed by atoms with van der Waals surface area (Å²) in [5.74, 6) is 1.40. The molecule has 2 unspecified atom stereocenters. The maximum Gasteiger partial charge on any atom is 0.410 e. The molecule has 5 nitrogen and oxygen atoms in total. The summed E-state index contributed by atoms with van der Waals surface area (Å²) in [6, 6.07) is 18.1. The van der Waals surface area contributed by atoms with Crippen LogP contribution in [-0.4, -0.2) is 27.0 Å². The van der Waals surface area contributed by atoms with Gasteiger partial charge < -0.3 is 9.72 Å². The Morgan fingerprint density at radius 1 is 1.14 bits per heavy atom. The SMILES string of the molecule is O=C(OCc1ccccc1)N1C2CC2C[C@H]1c1ncc(-c2ccc(Br)cc2)[nH]1. The maximum absolute atomic E-state index is 12.8. The topological polar surface area (TPSA) is 58.2 Å². The monoisotopic (exact) mass is 437 g/mol. The highest BCUT2D eigenvalue weighted by molar-refractivity contribution is 9.10. The van der Waals surface area contributed by atoms with Gasteiger partial charge in [-0.15, -0.1) is 0 Å². The molecule has 1 aromatic heterocycles. The summed E-state index contributed by atoms with van der Waals surface area (Å²) >= 11 is 3.46. The number of imidazole rings is 1. The van der Waals surface area contributed by atoms with Crippen molar-refractivity contribution < 1.29 is 9.53 Å². The average molecular weight is 438 g/mol. The smallest absolute Gasteiger partial charge is 0.410 e. The first-order valence-corrected chi connectivity index (χ1v) is 10.3. The molecular formula is C22H20BrN3O2. The fourth-order valence-electron chi connectivity index (χ4n) is 4.04. The van der Waals surface area contributed by atoms with Crippen LogP contribution < -0.4 is 0 Å². The van der Waals surface area contributed by atoms with E-state index in [2.05, 4.69) is 25.9 Å². The first-order valence-electron chi connectivity index (χ1n) is 9.49. The lowest BCUT2D eigenvalue weighted by Crippen LogP contribution is -2.34. The summed E-state index contributed by atoms with van der Waals surface area (Å²) in [6.07, 6.45) is 3.60. The van der Waals surface area contributed by atoms with Crippen LogP contribution in [0.4, 0.5) is 4.79 Å². The van der Waals surface area contributed by atoms with Gasteiger partial charge in [0, 0.05) is 10.5 Å². The largest absolute Gasteiger partial charge is 0.445 e. The fraction of sp³-hybridized carbons (Fsp3) is 0.273. The van der Waals surface area contributed by atoms with Gasteiger partial charge in [0.25, 0.3) is 0 Å². The van der Waals surface area contributed by atoms with E-state index in [9.17, 15) is 4.79 Å². The van der Waals surface area contributed by atoms with Gasteiger partial charge in [-0.2, -0.15) is 0 Å². The van der Waals surface area contributed by atoms with Gasteiger partial charge in [0.2, 0.25) is 0 Å². The first-order chi connectivity index (χ1) is 13.7. The number of nitrogens with zero attached hydrogens (tertiary/aromatic N) is 2. The Morgan fingerprint density at radius 2 is 1.93 bits per heavy atom. The van der Waals surface area contributed by atoms with Crippen LogP contribution in [0, 0.1) is 5.92 Å². The summed E-state index contributed by atoms with van der Waals surface area (Å²) in [7, 11) is 0. The van der Waals surface area contributed by atoms with E-state index in [1.54, 1.807) is 0 Å². The molecule has 2 fully saturated rings. The van der Waals surface area contributed by atoms with Crippen LogP contribution in [0.25, 0.3) is 11.3 Å². The second-order valence-corrected chi connectivity index (χ2v) is 8.37. The van der Waals surface area contributed by atoms with Crippen LogP contribution in [0.15, 0.2) is 65.3 Å². The number of hydrogen-bond donors (Lipinski definition) is 1. The predicted molar refractivity (Wildman–Crippen MR) is 109 cm³/mol. The van der Waals surface area contributed by atoms with E-state index in [-0.39, 0.29) is 18.2 Å². The number of carbonyl (C=O) groups is 1. The zero-order valence-electron chi connectivity index (χ0n) is 15.2. The normalized spacial score (nSPS) is 22.8. The van der Waals surface area contributed by atoms with Crippen LogP contribution in [0.3, 0.4) is 0 Å². The van der Waals surface area contributed by atoms with Crippen molar-refractivity contribution in [1.82, 2.24) is 14.9 Å². The number of hydrogen-bond acceptors (Lipinski definition) is 3. The van der Waals surface area contributed by atoms with Crippen molar-refractivity contribution in [2.45, 2.75) is 31.5 Å². The van der Waals surface area contributed by atoms with E-state index in [4.69, 9.17) is 4.74 Å². The second kappa shape index (κ2) is 7.09. The quantitative estimate of drug-likeness (QED) is 0.601. The summed E-state index contributed by atoms with van der Waals surface area (Å²) in [5, 5.41) is 0. The van der Waals surface area contributed by atoms with Gasteiger partial charge in [0.05, 0.1) is 17.9 Å². The molecule has 2 aliphatic rings. The number of aromatic amines is 1. The van der Waals surface area contributed by atoms with Crippen LogP contribution >= 0.6 is 15.9 Å². The third-order valence-electron chi connectivity index (χ3n) is 5.59. The number of H-pyrrole nitrogens is 1. The van der Waals surface area contributed by atoms with Crippen LogP contribution in [0.5, 0.6) is 0 Å². The number of benzene rings is 2. The van der Waals surface area contributed by atoms with Crippen molar-refractivity contribution in [1.29, 1.82) is 0 Å². The molecule has 1 aliphatic heterocycles. The predicted octanol–water partition coefficient (Wildman–Crippen LogP) is 5.31. The van der Waals surface area contributed by atoms with Crippen molar-refractivity contribution in [2.24, 2.45) is 5.92 Å². The van der Waals surface area contributed by atoms with E-state index >= 15 is 0 Å². The van der Waals surface area contributed by atoms with Crippen LogP contribution in [-0.2, 0) is 11.3 Å². The van der Waals surface area contributed by atoms with Crippen molar-refractivity contribution in [3.8, 4) is 11.3 Å². The highest BCUT2D eigenvalue weighted by Gasteiger charge is 2.55. The minimum Gasteiger partial charge on any atom is -0.445 e. The number of fused-ring (bicyclic) bond motifs is 1. The van der Waals surface area contributed by atoms with E-state index in [1.807, 2.05) is 65.7 Å². The molecule has 1 aliphatic carbocycles. The summed E-state index contributed by atoms with van der Waals surface area (Å²) < 4.78 is 6.65. The molecule has 142 valence electrons. The van der Waals surface area contributed by atoms with Crippen LogP contribution in [0.2, 0.25) is 0 Å². The molecule has 5 rings (SSSR count). The van der Waals surface area contributed by atoms with E-state index < -0.39 is 0 Å². The lowest BCUT2D eigenvalue weighted by molar-refractivity contribution is 0.0833. The highest BCUT2D eigenvalue weighted by atomic mass is 79.9. The van der Waals surface area contributed by atoms with E-state index in [1.165, 1.54) is 0 Å². The highest BCUT2D eigenvalue weighted by Crippen LogP contribution is 2.53. The number of halogens is 1. The number of ether oxygens (including phenoxy) is 1. The standard InChI is InChI=1S/C22H20BrN3O2/c23-17-8-6-15(7-9-17)18-12-24-21(25-18)20-11-16-10-19(16)26(20)22(27)28-13-14-4-2-1-3-5-14/h1-9,12,16,19-20H,10-11,13H2,(H,24,25)/t16?,19?,20-/m0/s1. The lowest BCUT2D eigenvalue weighted by Gasteiger charge is -2.25. The number of aromatic nitrogens is 2. The van der Waals surface area contributed by atoms with Crippen molar-refractivity contribution >= 4 is 22.0 Å². The van der Waals surface area contributed by atoms with Gasteiger partial charge in [-0.25, -0.2) is 9.78 Å². The third-order valence-corrected chi connectivity index (χ3v) is 6.12. The zero-order valence-corrected chi connectivity index (χ0v) is 16.8. The Bertz CT molecular complexity index is 987.